The van der Waals surface area contributed by atoms with Crippen molar-refractivity contribution >= 4 is 0 Å². The number of rotatable bonds is 2. The minimum atomic E-state index is 0. The molecule has 0 aliphatic heterocycles. The minimum Gasteiger partial charge on any atom is -0.412 e. The van der Waals surface area contributed by atoms with Crippen LogP contribution in [0.3, 0.4) is 0 Å². The van der Waals surface area contributed by atoms with Crippen molar-refractivity contribution in [1.29, 1.82) is 0 Å². The Balaban J connectivity index is -0.0000000267. The van der Waals surface area contributed by atoms with Crippen LogP contribution in [0.15, 0.2) is 0 Å². The van der Waals surface area contributed by atoms with E-state index in [1.165, 1.54) is 0 Å². The Bertz CT molecular complexity index is 52.1. The van der Waals surface area contributed by atoms with Crippen molar-refractivity contribution in [2.24, 2.45) is 11.8 Å². The molecule has 13 heavy (non-hydrogen) atoms. The van der Waals surface area contributed by atoms with Crippen LogP contribution in [0.1, 0.15) is 27.7 Å². The van der Waals surface area contributed by atoms with E-state index in [-0.39, 0.29) is 37.2 Å². The van der Waals surface area contributed by atoms with Crippen LogP contribution in [0, 0.1) is 11.8 Å². The molecule has 0 atom stereocenters. The first-order valence-electron chi connectivity index (χ1n) is 3.76. The topological polar surface area (TPSA) is 103 Å². The van der Waals surface area contributed by atoms with E-state index < -0.39 is 0 Å². The van der Waals surface area contributed by atoms with Gasteiger partial charge in [0.1, 0.15) is 0 Å². The molecular weight excluding hydrogens is 251 g/mol. The van der Waals surface area contributed by atoms with E-state index in [4.69, 9.17) is 10.2 Å². The predicted molar refractivity (Wildman–Crippen MR) is 51.1 cm³/mol. The summed E-state index contributed by atoms with van der Waals surface area (Å²) in [6.45, 7) is 8.50. The summed E-state index contributed by atoms with van der Waals surface area (Å²) in [5, 5.41) is 16.3. The molecule has 6 N–H and O–H groups in total. The molecule has 0 unspecified atom stereocenters. The Morgan fingerprint density at radius 2 is 0.846 bits per heavy atom. The molecular formula is C8H24O4Zr. The molecule has 4 nitrogen and oxygen atoms in total. The fraction of sp³-hybridized carbons (Fsp3) is 1.00. The molecule has 0 radical (unpaired) electrons. The maximum absolute atomic E-state index is 8.14. The molecule has 0 saturated carbocycles. The zero-order valence-corrected chi connectivity index (χ0v) is 11.4. The van der Waals surface area contributed by atoms with Gasteiger partial charge in [0.05, 0.1) is 0 Å². The van der Waals surface area contributed by atoms with Crippen LogP contribution >= 0.6 is 0 Å². The Hall–Kier alpha value is 0.723. The van der Waals surface area contributed by atoms with E-state index in [9.17, 15) is 0 Å². The van der Waals surface area contributed by atoms with Crippen LogP contribution < -0.4 is 0 Å². The van der Waals surface area contributed by atoms with Gasteiger partial charge in [0, 0.05) is 39.4 Å². The van der Waals surface area contributed by atoms with Crippen LogP contribution in [0.25, 0.3) is 0 Å². The Morgan fingerprint density at radius 1 is 0.769 bits per heavy atom. The molecule has 0 spiro atoms. The Morgan fingerprint density at radius 3 is 0.846 bits per heavy atom. The first-order chi connectivity index (χ1) is 4.54. The molecule has 0 aromatic carbocycles. The minimum absolute atomic E-state index is 0. The van der Waals surface area contributed by atoms with Crippen molar-refractivity contribution in [1.82, 2.24) is 0 Å². The summed E-state index contributed by atoms with van der Waals surface area (Å²) in [6.07, 6.45) is 0. The molecule has 0 amide bonds. The molecule has 0 aromatic rings. The summed E-state index contributed by atoms with van der Waals surface area (Å²) in [5.74, 6) is 0.880. The predicted octanol–water partition coefficient (Wildman–Crippen LogP) is -0.382. The summed E-state index contributed by atoms with van der Waals surface area (Å²) in [5.41, 5.74) is 0. The molecule has 0 bridgehead atoms. The largest absolute Gasteiger partial charge is 0.412 e. The number of hydrogen-bond donors (Lipinski definition) is 2. The zero-order valence-electron chi connectivity index (χ0n) is 8.96. The zero-order chi connectivity index (χ0) is 8.57. The van der Waals surface area contributed by atoms with Gasteiger partial charge in [-0.2, -0.15) is 0 Å². The van der Waals surface area contributed by atoms with Crippen molar-refractivity contribution in [3.63, 3.8) is 0 Å². The van der Waals surface area contributed by atoms with E-state index in [0.29, 0.717) is 25.0 Å². The second kappa shape index (κ2) is 23.0. The smallest absolute Gasteiger partial charge is 0.0453 e. The average molecular weight is 275 g/mol. The average Bonchev–Trinajstić information content (AvgIpc) is 1.89. The maximum Gasteiger partial charge on any atom is 0.0453 e. The second-order valence-electron chi connectivity index (χ2n) is 3.15. The molecule has 84 valence electrons. The second-order valence-corrected chi connectivity index (χ2v) is 3.15. The molecule has 0 rings (SSSR count). The van der Waals surface area contributed by atoms with Crippen LogP contribution in [-0.2, 0) is 26.2 Å². The fourth-order valence-corrected chi connectivity index (χ4v) is 0. The van der Waals surface area contributed by atoms with Crippen LogP contribution in [0.2, 0.25) is 0 Å². The number of aliphatic hydroxyl groups excluding tert-OH is 2. The third kappa shape index (κ3) is 65.6. The number of aliphatic hydroxyl groups is 2. The molecule has 0 aromatic heterocycles. The Labute approximate surface area is 100 Å². The molecule has 0 heterocycles. The van der Waals surface area contributed by atoms with E-state index >= 15 is 0 Å². The molecule has 0 aliphatic carbocycles. The van der Waals surface area contributed by atoms with Gasteiger partial charge < -0.3 is 21.2 Å². The summed E-state index contributed by atoms with van der Waals surface area (Å²) >= 11 is 0. The van der Waals surface area contributed by atoms with Crippen molar-refractivity contribution in [3.8, 4) is 0 Å². The third-order valence-corrected chi connectivity index (χ3v) is 0.730. The molecule has 0 fully saturated rings. The number of hydrogen-bond acceptors (Lipinski definition) is 2. The van der Waals surface area contributed by atoms with E-state index in [2.05, 4.69) is 0 Å². The molecule has 0 aliphatic rings. The van der Waals surface area contributed by atoms with Gasteiger partial charge in [0.2, 0.25) is 0 Å². The normalized spacial score (nSPS) is 7.38. The SMILES string of the molecule is CC(C)CO.CC(C)CO.O.O.[Zr]. The molecule has 0 saturated heterocycles. The van der Waals surface area contributed by atoms with Gasteiger partial charge in [-0.1, -0.05) is 27.7 Å². The van der Waals surface area contributed by atoms with Crippen LogP contribution in [0.4, 0.5) is 0 Å². The van der Waals surface area contributed by atoms with Gasteiger partial charge in [-0.05, 0) is 11.8 Å². The molecule has 5 heteroatoms. The Kier molecular flexibility index (Phi) is 51.6. The van der Waals surface area contributed by atoms with Gasteiger partial charge in [0.15, 0.2) is 0 Å². The summed E-state index contributed by atoms with van der Waals surface area (Å²) in [6, 6.07) is 0. The van der Waals surface area contributed by atoms with Gasteiger partial charge in [-0.25, -0.2) is 0 Å². The van der Waals surface area contributed by atoms with Crippen molar-refractivity contribution in [2.45, 2.75) is 27.7 Å². The van der Waals surface area contributed by atoms with Gasteiger partial charge >= 0.3 is 0 Å². The summed E-state index contributed by atoms with van der Waals surface area (Å²) in [4.78, 5) is 0. The first kappa shape index (κ1) is 29.2. The standard InChI is InChI=1S/2C4H10O.2H2O.Zr/c2*1-4(2)3-5;;;/h2*4-5H,3H2,1-2H3;2*1H2;. The van der Waals surface area contributed by atoms with Gasteiger partial charge in [-0.15, -0.1) is 0 Å². The van der Waals surface area contributed by atoms with Gasteiger partial charge in [0.25, 0.3) is 0 Å². The van der Waals surface area contributed by atoms with Crippen molar-refractivity contribution in [2.75, 3.05) is 13.2 Å². The monoisotopic (exact) mass is 274 g/mol. The van der Waals surface area contributed by atoms with E-state index in [1.807, 2.05) is 27.7 Å². The van der Waals surface area contributed by atoms with E-state index in [0.717, 1.165) is 0 Å². The van der Waals surface area contributed by atoms with Crippen LogP contribution in [0.5, 0.6) is 0 Å². The maximum atomic E-state index is 8.14. The third-order valence-electron chi connectivity index (χ3n) is 0.730. The quantitative estimate of drug-likeness (QED) is 0.717. The van der Waals surface area contributed by atoms with E-state index in [1.54, 1.807) is 0 Å². The first-order valence-corrected chi connectivity index (χ1v) is 3.76. The summed E-state index contributed by atoms with van der Waals surface area (Å²) in [7, 11) is 0. The summed E-state index contributed by atoms with van der Waals surface area (Å²) < 4.78 is 0. The van der Waals surface area contributed by atoms with Crippen molar-refractivity contribution < 1.29 is 47.4 Å². The van der Waals surface area contributed by atoms with Crippen LogP contribution in [-0.4, -0.2) is 34.4 Å². The fourth-order valence-electron chi connectivity index (χ4n) is 0. The van der Waals surface area contributed by atoms with Gasteiger partial charge in [-0.3, -0.25) is 0 Å². The van der Waals surface area contributed by atoms with Crippen molar-refractivity contribution in [3.05, 3.63) is 0 Å².